The van der Waals surface area contributed by atoms with Crippen LogP contribution >= 0.6 is 0 Å². The molecular weight excluding hydrogens is 421 g/mol. The first-order valence-electron chi connectivity index (χ1n) is 10.2. The summed E-state index contributed by atoms with van der Waals surface area (Å²) in [6.45, 7) is 0.483. The maximum absolute atomic E-state index is 13.9. The van der Waals surface area contributed by atoms with Gasteiger partial charge in [0, 0.05) is 24.5 Å². The molecule has 164 valence electrons. The van der Waals surface area contributed by atoms with E-state index < -0.39 is 0 Å². The molecule has 0 aliphatic carbocycles. The molecule has 3 heterocycles. The Morgan fingerprint density at radius 1 is 1.06 bits per heavy atom. The van der Waals surface area contributed by atoms with Crippen LogP contribution < -0.4 is 15.8 Å². The van der Waals surface area contributed by atoms with E-state index in [0.717, 1.165) is 11.1 Å². The molecule has 9 heteroatoms. The molecule has 8 nitrogen and oxygen atoms in total. The van der Waals surface area contributed by atoms with Crippen LogP contribution in [0.4, 0.5) is 16.2 Å². The van der Waals surface area contributed by atoms with Crippen LogP contribution in [0, 0.1) is 5.82 Å². The highest BCUT2D eigenvalue weighted by Crippen LogP contribution is 2.34. The van der Waals surface area contributed by atoms with Crippen LogP contribution in [0.5, 0.6) is 5.75 Å². The lowest BCUT2D eigenvalue weighted by Gasteiger charge is -2.09. The van der Waals surface area contributed by atoms with E-state index in [1.807, 2.05) is 36.4 Å². The third-order valence-electron chi connectivity index (χ3n) is 5.14. The molecule has 0 unspecified atom stereocenters. The van der Waals surface area contributed by atoms with Gasteiger partial charge in [-0.2, -0.15) is 4.98 Å². The number of ether oxygens (including phenoxy) is 1. The molecule has 0 aliphatic heterocycles. The zero-order valence-electron chi connectivity index (χ0n) is 17.7. The maximum atomic E-state index is 13.9. The number of nitrogens with one attached hydrogen (secondary N) is 1. The van der Waals surface area contributed by atoms with Crippen molar-refractivity contribution in [1.29, 1.82) is 0 Å². The van der Waals surface area contributed by atoms with E-state index >= 15 is 0 Å². The highest BCUT2D eigenvalue weighted by atomic mass is 19.1. The first-order chi connectivity index (χ1) is 16.1. The molecule has 0 fully saturated rings. The summed E-state index contributed by atoms with van der Waals surface area (Å²) in [6.07, 6.45) is 3.49. The summed E-state index contributed by atoms with van der Waals surface area (Å²) in [5.41, 5.74) is 9.72. The van der Waals surface area contributed by atoms with Gasteiger partial charge < -0.3 is 15.8 Å². The number of aromatic nitrogens is 5. The van der Waals surface area contributed by atoms with Gasteiger partial charge in [0.15, 0.2) is 5.65 Å². The number of pyridine rings is 1. The Balaban J connectivity index is 1.66. The third kappa shape index (κ3) is 4.03. The number of rotatable bonds is 6. The summed E-state index contributed by atoms with van der Waals surface area (Å²) >= 11 is 0. The lowest BCUT2D eigenvalue weighted by molar-refractivity contribution is 0.415. The zero-order chi connectivity index (χ0) is 22.8. The van der Waals surface area contributed by atoms with Crippen molar-refractivity contribution >= 4 is 22.8 Å². The second-order valence-electron chi connectivity index (χ2n) is 7.32. The van der Waals surface area contributed by atoms with Gasteiger partial charge in [0.25, 0.3) is 0 Å². The fraction of sp³-hybridized carbons (Fsp3) is 0.0833. The number of benzene rings is 2. The van der Waals surface area contributed by atoms with Crippen molar-refractivity contribution in [2.75, 3.05) is 18.2 Å². The first-order valence-corrected chi connectivity index (χ1v) is 10.2. The number of anilines is 2. The van der Waals surface area contributed by atoms with Crippen LogP contribution in [0.15, 0.2) is 73.1 Å². The number of fused-ring (bicyclic) bond motifs is 1. The van der Waals surface area contributed by atoms with Crippen LogP contribution in [0.2, 0.25) is 0 Å². The molecule has 0 aliphatic rings. The second-order valence-corrected chi connectivity index (χ2v) is 7.32. The quantitative estimate of drug-likeness (QED) is 0.407. The van der Waals surface area contributed by atoms with Gasteiger partial charge in [-0.05, 0) is 42.0 Å². The van der Waals surface area contributed by atoms with Gasteiger partial charge in [0.05, 0.1) is 23.9 Å². The normalized spacial score (nSPS) is 11.0. The van der Waals surface area contributed by atoms with Crippen LogP contribution in [0.1, 0.15) is 5.56 Å². The summed E-state index contributed by atoms with van der Waals surface area (Å²) in [7, 11) is 1.60. The molecule has 5 rings (SSSR count). The lowest BCUT2D eigenvalue weighted by atomic mass is 10.1. The Hall–Kier alpha value is -4.53. The molecule has 2 aromatic carbocycles. The fourth-order valence-electron chi connectivity index (χ4n) is 3.56. The molecule has 3 N–H and O–H groups in total. The van der Waals surface area contributed by atoms with E-state index in [-0.39, 0.29) is 5.82 Å². The van der Waals surface area contributed by atoms with E-state index in [1.54, 1.807) is 31.6 Å². The predicted octanol–water partition coefficient (Wildman–Crippen LogP) is 4.22. The van der Waals surface area contributed by atoms with Crippen LogP contribution in [-0.4, -0.2) is 31.8 Å². The van der Waals surface area contributed by atoms with Gasteiger partial charge in [-0.25, -0.2) is 14.1 Å². The van der Waals surface area contributed by atoms with Crippen molar-refractivity contribution in [3.63, 3.8) is 0 Å². The van der Waals surface area contributed by atoms with Gasteiger partial charge in [-0.3, -0.25) is 4.98 Å². The van der Waals surface area contributed by atoms with Crippen LogP contribution in [0.3, 0.4) is 0 Å². The Bertz CT molecular complexity index is 1440. The number of nitrogen functional groups attached to an aromatic ring is 1. The highest BCUT2D eigenvalue weighted by molar-refractivity contribution is 5.99. The predicted molar refractivity (Wildman–Crippen MR) is 125 cm³/mol. The van der Waals surface area contributed by atoms with Crippen molar-refractivity contribution in [2.24, 2.45) is 0 Å². The largest absolute Gasteiger partial charge is 0.497 e. The van der Waals surface area contributed by atoms with Crippen LogP contribution in [-0.2, 0) is 6.54 Å². The Morgan fingerprint density at radius 3 is 2.73 bits per heavy atom. The van der Waals surface area contributed by atoms with E-state index in [0.29, 0.717) is 46.5 Å². The summed E-state index contributed by atoms with van der Waals surface area (Å²) in [4.78, 5) is 13.4. The van der Waals surface area contributed by atoms with E-state index in [2.05, 4.69) is 20.4 Å². The van der Waals surface area contributed by atoms with Gasteiger partial charge in [-0.15, -0.1) is 5.10 Å². The molecule has 0 spiro atoms. The number of halogens is 1. The summed E-state index contributed by atoms with van der Waals surface area (Å²) in [5.74, 6) is 0.991. The highest BCUT2D eigenvalue weighted by Gasteiger charge is 2.20. The Kier molecular flexibility index (Phi) is 5.27. The Morgan fingerprint density at radius 2 is 1.94 bits per heavy atom. The minimum absolute atomic E-state index is 0.312. The van der Waals surface area contributed by atoms with Gasteiger partial charge in [0.1, 0.15) is 17.4 Å². The fourth-order valence-corrected chi connectivity index (χ4v) is 3.56. The summed E-state index contributed by atoms with van der Waals surface area (Å²) in [6, 6.07) is 17.4. The number of hydrogen-bond acceptors (Lipinski definition) is 7. The lowest BCUT2D eigenvalue weighted by Crippen LogP contribution is -2.05. The third-order valence-corrected chi connectivity index (χ3v) is 5.14. The number of methoxy groups -OCH3 is 1. The molecule has 0 saturated heterocycles. The van der Waals surface area contributed by atoms with Crippen molar-refractivity contribution in [3.8, 4) is 22.7 Å². The zero-order valence-corrected chi connectivity index (χ0v) is 17.7. The van der Waals surface area contributed by atoms with Crippen molar-refractivity contribution in [2.45, 2.75) is 6.54 Å². The van der Waals surface area contributed by atoms with Crippen molar-refractivity contribution in [3.05, 3.63) is 84.4 Å². The smallest absolute Gasteiger partial charge is 0.225 e. The first kappa shape index (κ1) is 20.4. The van der Waals surface area contributed by atoms with Crippen LogP contribution in [0.25, 0.3) is 28.0 Å². The minimum Gasteiger partial charge on any atom is -0.497 e. The second kappa shape index (κ2) is 8.54. The van der Waals surface area contributed by atoms with E-state index in [1.165, 1.54) is 16.8 Å². The van der Waals surface area contributed by atoms with Gasteiger partial charge in [-0.1, -0.05) is 24.3 Å². The standard InChI is InChI=1S/C24H20FN7O/c1-33-19-9-2-6-16(11-19)21-20-22(26)32(18-8-3-7-17(25)12-18)31-23(20)30-24(29-21)28-14-15-5-4-10-27-13-15/h2-13H,14,26H2,1H3,(H,28,30,31). The molecule has 0 amide bonds. The Labute approximate surface area is 188 Å². The molecule has 0 radical (unpaired) electrons. The minimum atomic E-state index is -0.385. The molecular formula is C24H20FN7O. The number of nitrogens with zero attached hydrogens (tertiary/aromatic N) is 5. The monoisotopic (exact) mass is 441 g/mol. The van der Waals surface area contributed by atoms with E-state index in [9.17, 15) is 4.39 Å². The molecule has 33 heavy (non-hydrogen) atoms. The average molecular weight is 441 g/mol. The summed E-state index contributed by atoms with van der Waals surface area (Å²) < 4.78 is 20.7. The topological polar surface area (TPSA) is 104 Å². The van der Waals surface area contributed by atoms with E-state index in [4.69, 9.17) is 15.5 Å². The van der Waals surface area contributed by atoms with Crippen molar-refractivity contribution in [1.82, 2.24) is 24.7 Å². The molecule has 0 saturated carbocycles. The molecule has 5 aromatic rings. The molecule has 0 atom stereocenters. The van der Waals surface area contributed by atoms with Crippen molar-refractivity contribution < 1.29 is 9.13 Å². The molecule has 3 aromatic heterocycles. The van der Waals surface area contributed by atoms with Gasteiger partial charge in [0.2, 0.25) is 5.95 Å². The number of hydrogen-bond donors (Lipinski definition) is 2. The SMILES string of the molecule is COc1cccc(-c2nc(NCc3cccnc3)nc3nn(-c4cccc(F)c4)c(N)c23)c1. The average Bonchev–Trinajstić information content (AvgIpc) is 3.19. The maximum Gasteiger partial charge on any atom is 0.225 e. The number of nitrogens with two attached hydrogens (primary N) is 1. The molecule has 0 bridgehead atoms. The van der Waals surface area contributed by atoms with Gasteiger partial charge >= 0.3 is 0 Å². The summed E-state index contributed by atoms with van der Waals surface area (Å²) in [5, 5.41) is 8.35.